The molecule has 0 bridgehead atoms. The molecule has 20 heavy (non-hydrogen) atoms. The number of hydrogen-bond donors (Lipinski definition) is 2. The molecule has 0 radical (unpaired) electrons. The third-order valence-electron chi connectivity index (χ3n) is 3.38. The maximum absolute atomic E-state index is 12.0. The highest BCUT2D eigenvalue weighted by molar-refractivity contribution is 6.44. The van der Waals surface area contributed by atoms with Crippen molar-refractivity contribution in [3.63, 3.8) is 0 Å². The van der Waals surface area contributed by atoms with Gasteiger partial charge < -0.3 is 15.4 Å². The lowest BCUT2D eigenvalue weighted by Crippen LogP contribution is -2.40. The summed E-state index contributed by atoms with van der Waals surface area (Å²) in [5, 5.41) is 14.8. The van der Waals surface area contributed by atoms with E-state index in [1.54, 1.807) is 24.4 Å². The molecule has 1 aromatic rings. The first kappa shape index (κ1) is 14.5. The van der Waals surface area contributed by atoms with E-state index in [1.807, 2.05) is 0 Å². The van der Waals surface area contributed by atoms with Crippen LogP contribution < -0.4 is 5.32 Å². The van der Waals surface area contributed by atoms with Gasteiger partial charge in [0.05, 0.1) is 5.69 Å². The monoisotopic (exact) mass is 276 g/mol. The Morgan fingerprint density at radius 2 is 2.15 bits per heavy atom. The Bertz CT molecular complexity index is 456. The van der Waals surface area contributed by atoms with Crippen molar-refractivity contribution in [3.8, 4) is 0 Å². The highest BCUT2D eigenvalue weighted by Gasteiger charge is 2.16. The molecule has 6 nitrogen and oxygen atoms in total. The van der Waals surface area contributed by atoms with Crippen molar-refractivity contribution in [3.05, 3.63) is 30.1 Å². The SMILES string of the molecule is O=C(NCCN1CCCCC1)/C(=N/O)c1ccccn1. The van der Waals surface area contributed by atoms with E-state index in [0.29, 0.717) is 12.2 Å². The van der Waals surface area contributed by atoms with E-state index in [2.05, 4.69) is 20.4 Å². The van der Waals surface area contributed by atoms with Gasteiger partial charge in [0.1, 0.15) is 0 Å². The Kier molecular flexibility index (Phi) is 5.49. The van der Waals surface area contributed by atoms with Gasteiger partial charge in [-0.05, 0) is 38.1 Å². The summed E-state index contributed by atoms with van der Waals surface area (Å²) in [5.41, 5.74) is 0.315. The minimum Gasteiger partial charge on any atom is -0.410 e. The first-order chi connectivity index (χ1) is 9.81. The summed E-state index contributed by atoms with van der Waals surface area (Å²) < 4.78 is 0. The van der Waals surface area contributed by atoms with Crippen LogP contribution in [0.5, 0.6) is 0 Å². The van der Waals surface area contributed by atoms with Crippen LogP contribution in [0.3, 0.4) is 0 Å². The maximum atomic E-state index is 12.0. The van der Waals surface area contributed by atoms with Gasteiger partial charge in [0.15, 0.2) is 5.71 Å². The fraction of sp³-hybridized carbons (Fsp3) is 0.500. The summed E-state index contributed by atoms with van der Waals surface area (Å²) in [4.78, 5) is 18.3. The molecule has 1 fully saturated rings. The Balaban J connectivity index is 1.81. The van der Waals surface area contributed by atoms with Crippen LogP contribution in [0.1, 0.15) is 25.0 Å². The van der Waals surface area contributed by atoms with Crippen LogP contribution >= 0.6 is 0 Å². The molecule has 0 aliphatic carbocycles. The Morgan fingerprint density at radius 1 is 1.35 bits per heavy atom. The molecule has 6 heteroatoms. The van der Waals surface area contributed by atoms with Crippen molar-refractivity contribution >= 4 is 11.6 Å². The number of carbonyl (C=O) groups is 1. The first-order valence-corrected chi connectivity index (χ1v) is 6.95. The minimum absolute atomic E-state index is 0.0516. The molecule has 1 aliphatic rings. The summed E-state index contributed by atoms with van der Waals surface area (Å²) in [5.74, 6) is -0.400. The number of aromatic nitrogens is 1. The van der Waals surface area contributed by atoms with Crippen LogP contribution in [0, 0.1) is 0 Å². The van der Waals surface area contributed by atoms with Crippen molar-refractivity contribution in [2.24, 2.45) is 5.16 Å². The Hall–Kier alpha value is -1.95. The van der Waals surface area contributed by atoms with Gasteiger partial charge in [-0.2, -0.15) is 0 Å². The second-order valence-corrected chi connectivity index (χ2v) is 4.82. The molecule has 0 atom stereocenters. The maximum Gasteiger partial charge on any atom is 0.275 e. The molecule has 0 saturated carbocycles. The van der Waals surface area contributed by atoms with Gasteiger partial charge in [0.2, 0.25) is 0 Å². The molecule has 108 valence electrons. The van der Waals surface area contributed by atoms with E-state index in [4.69, 9.17) is 5.21 Å². The number of carbonyl (C=O) groups excluding carboxylic acids is 1. The number of piperidine rings is 1. The van der Waals surface area contributed by atoms with Gasteiger partial charge in [0, 0.05) is 19.3 Å². The molecule has 0 unspecified atom stereocenters. The molecule has 1 aliphatic heterocycles. The van der Waals surface area contributed by atoms with Crippen LogP contribution in [0.4, 0.5) is 0 Å². The van der Waals surface area contributed by atoms with E-state index < -0.39 is 5.91 Å². The molecule has 0 spiro atoms. The van der Waals surface area contributed by atoms with Gasteiger partial charge in [-0.25, -0.2) is 0 Å². The van der Waals surface area contributed by atoms with Crippen LogP contribution in [-0.4, -0.2) is 52.9 Å². The largest absolute Gasteiger partial charge is 0.410 e. The first-order valence-electron chi connectivity index (χ1n) is 6.95. The second-order valence-electron chi connectivity index (χ2n) is 4.82. The van der Waals surface area contributed by atoms with Crippen LogP contribution in [-0.2, 0) is 4.79 Å². The minimum atomic E-state index is -0.400. The number of likely N-dealkylation sites (tertiary alicyclic amines) is 1. The van der Waals surface area contributed by atoms with Crippen LogP contribution in [0.2, 0.25) is 0 Å². The number of pyridine rings is 1. The second kappa shape index (κ2) is 7.59. The molecule has 2 heterocycles. The lowest BCUT2D eigenvalue weighted by molar-refractivity contribution is -0.114. The normalized spacial score (nSPS) is 16.9. The van der Waals surface area contributed by atoms with Crippen molar-refractivity contribution in [2.45, 2.75) is 19.3 Å². The predicted molar refractivity (Wildman–Crippen MR) is 75.9 cm³/mol. The zero-order valence-electron chi connectivity index (χ0n) is 11.5. The molecule has 2 N–H and O–H groups in total. The molecular weight excluding hydrogens is 256 g/mol. The average molecular weight is 276 g/mol. The Labute approximate surface area is 118 Å². The highest BCUT2D eigenvalue weighted by atomic mass is 16.4. The summed E-state index contributed by atoms with van der Waals surface area (Å²) in [7, 11) is 0. The van der Waals surface area contributed by atoms with E-state index in [9.17, 15) is 4.79 Å². The number of nitrogens with zero attached hydrogens (tertiary/aromatic N) is 3. The third-order valence-corrected chi connectivity index (χ3v) is 3.38. The molecule has 1 aromatic heterocycles. The average Bonchev–Trinajstić information content (AvgIpc) is 2.50. The van der Waals surface area contributed by atoms with Gasteiger partial charge in [-0.15, -0.1) is 0 Å². The number of hydrogen-bond acceptors (Lipinski definition) is 5. The molecule has 0 aromatic carbocycles. The van der Waals surface area contributed by atoms with E-state index in [1.165, 1.54) is 19.3 Å². The number of oxime groups is 1. The molecule has 2 rings (SSSR count). The predicted octanol–water partition coefficient (Wildman–Crippen LogP) is 0.862. The quantitative estimate of drug-likeness (QED) is 0.475. The van der Waals surface area contributed by atoms with Crippen molar-refractivity contribution < 1.29 is 10.0 Å². The smallest absolute Gasteiger partial charge is 0.275 e. The summed E-state index contributed by atoms with van der Waals surface area (Å²) in [6, 6.07) is 5.13. The molecular formula is C14H20N4O2. The molecule has 1 saturated heterocycles. The zero-order valence-corrected chi connectivity index (χ0v) is 11.5. The van der Waals surface area contributed by atoms with Crippen LogP contribution in [0.15, 0.2) is 29.6 Å². The lowest BCUT2D eigenvalue weighted by Gasteiger charge is -2.26. The van der Waals surface area contributed by atoms with E-state index in [0.717, 1.165) is 19.6 Å². The van der Waals surface area contributed by atoms with E-state index >= 15 is 0 Å². The van der Waals surface area contributed by atoms with E-state index in [-0.39, 0.29) is 5.71 Å². The number of nitrogens with one attached hydrogen (secondary N) is 1. The van der Waals surface area contributed by atoms with Gasteiger partial charge in [-0.3, -0.25) is 9.78 Å². The van der Waals surface area contributed by atoms with Gasteiger partial charge in [-0.1, -0.05) is 17.6 Å². The van der Waals surface area contributed by atoms with Crippen molar-refractivity contribution in [2.75, 3.05) is 26.2 Å². The van der Waals surface area contributed by atoms with Gasteiger partial charge in [0.25, 0.3) is 5.91 Å². The summed E-state index contributed by atoms with van der Waals surface area (Å²) >= 11 is 0. The number of amides is 1. The molecule has 1 amide bonds. The highest BCUT2D eigenvalue weighted by Crippen LogP contribution is 2.07. The third kappa shape index (κ3) is 4.03. The summed E-state index contributed by atoms with van der Waals surface area (Å²) in [6.07, 6.45) is 5.31. The fourth-order valence-electron chi connectivity index (χ4n) is 2.31. The lowest BCUT2D eigenvalue weighted by atomic mass is 10.1. The standard InChI is InChI=1S/C14H20N4O2/c19-14(13(17-20)12-6-2-3-7-15-12)16-8-11-18-9-4-1-5-10-18/h2-3,6-7,20H,1,4-5,8-11H2,(H,16,19)/b17-13+. The Morgan fingerprint density at radius 3 is 2.80 bits per heavy atom. The topological polar surface area (TPSA) is 77.8 Å². The van der Waals surface area contributed by atoms with Gasteiger partial charge >= 0.3 is 0 Å². The van der Waals surface area contributed by atoms with Crippen molar-refractivity contribution in [1.29, 1.82) is 0 Å². The van der Waals surface area contributed by atoms with Crippen LogP contribution in [0.25, 0.3) is 0 Å². The zero-order chi connectivity index (χ0) is 14.2. The number of rotatable bonds is 5. The van der Waals surface area contributed by atoms with Crippen molar-refractivity contribution in [1.82, 2.24) is 15.2 Å². The summed E-state index contributed by atoms with van der Waals surface area (Å²) in [6.45, 7) is 3.56. The fourth-order valence-corrected chi connectivity index (χ4v) is 2.31.